The number of hydrogen-bond acceptors (Lipinski definition) is 2. The Morgan fingerprint density at radius 1 is 0.900 bits per heavy atom. The standard InChI is InChI=1S/C8H16O2/c1-7(9)5-3-4-6-8(7,2)10/h9-10H,3-6H2,1-2H3. The molecule has 0 spiro atoms. The van der Waals surface area contributed by atoms with Crippen molar-refractivity contribution in [3.63, 3.8) is 0 Å². The minimum absolute atomic E-state index is 0.722. The second-order valence-electron chi connectivity index (χ2n) is 3.75. The minimum Gasteiger partial charge on any atom is -0.387 e. The summed E-state index contributed by atoms with van der Waals surface area (Å²) in [4.78, 5) is 0. The molecule has 1 aliphatic rings. The Morgan fingerprint density at radius 3 is 1.40 bits per heavy atom. The molecular formula is C8H16O2. The summed E-state index contributed by atoms with van der Waals surface area (Å²) in [5, 5.41) is 19.3. The van der Waals surface area contributed by atoms with Crippen molar-refractivity contribution >= 4 is 0 Å². The predicted molar refractivity (Wildman–Crippen MR) is 39.7 cm³/mol. The Labute approximate surface area is 61.9 Å². The molecule has 0 aromatic rings. The van der Waals surface area contributed by atoms with Crippen molar-refractivity contribution in [2.75, 3.05) is 0 Å². The third-order valence-corrected chi connectivity index (χ3v) is 2.74. The Bertz CT molecular complexity index is 111. The summed E-state index contributed by atoms with van der Waals surface area (Å²) in [5.74, 6) is 0. The maximum atomic E-state index is 9.65. The van der Waals surface area contributed by atoms with E-state index in [1.165, 1.54) is 0 Å². The van der Waals surface area contributed by atoms with Crippen LogP contribution in [-0.2, 0) is 0 Å². The molecule has 2 atom stereocenters. The van der Waals surface area contributed by atoms with Gasteiger partial charge in [-0.2, -0.15) is 0 Å². The zero-order valence-electron chi connectivity index (χ0n) is 6.72. The first-order chi connectivity index (χ1) is 4.46. The SMILES string of the molecule is CC1(O)CCCCC1(C)O. The van der Waals surface area contributed by atoms with Crippen LogP contribution in [-0.4, -0.2) is 21.4 Å². The van der Waals surface area contributed by atoms with Gasteiger partial charge in [0.15, 0.2) is 0 Å². The molecule has 0 heterocycles. The van der Waals surface area contributed by atoms with E-state index in [1.54, 1.807) is 13.8 Å². The normalized spacial score (nSPS) is 49.2. The summed E-state index contributed by atoms with van der Waals surface area (Å²) >= 11 is 0. The smallest absolute Gasteiger partial charge is 0.0902 e. The summed E-state index contributed by atoms with van der Waals surface area (Å²) in [5.41, 5.74) is -1.74. The highest BCUT2D eigenvalue weighted by atomic mass is 16.4. The van der Waals surface area contributed by atoms with Gasteiger partial charge in [-0.3, -0.25) is 0 Å². The van der Waals surface area contributed by atoms with Gasteiger partial charge in [-0.25, -0.2) is 0 Å². The quantitative estimate of drug-likeness (QED) is 0.533. The molecule has 1 fully saturated rings. The van der Waals surface area contributed by atoms with E-state index in [2.05, 4.69) is 0 Å². The van der Waals surface area contributed by atoms with Gasteiger partial charge in [-0.15, -0.1) is 0 Å². The fourth-order valence-corrected chi connectivity index (χ4v) is 1.48. The Kier molecular flexibility index (Phi) is 1.77. The topological polar surface area (TPSA) is 40.5 Å². The molecule has 0 aromatic carbocycles. The number of aliphatic hydroxyl groups is 2. The molecular weight excluding hydrogens is 128 g/mol. The highest BCUT2D eigenvalue weighted by molar-refractivity contribution is 4.96. The second-order valence-corrected chi connectivity index (χ2v) is 3.75. The molecule has 60 valence electrons. The second kappa shape index (κ2) is 2.21. The maximum absolute atomic E-state index is 9.65. The first-order valence-corrected chi connectivity index (χ1v) is 3.90. The van der Waals surface area contributed by atoms with Gasteiger partial charge in [0.1, 0.15) is 0 Å². The van der Waals surface area contributed by atoms with E-state index in [0.29, 0.717) is 0 Å². The summed E-state index contributed by atoms with van der Waals surface area (Å²) in [6.45, 7) is 3.43. The van der Waals surface area contributed by atoms with Crippen molar-refractivity contribution in [2.45, 2.75) is 50.7 Å². The van der Waals surface area contributed by atoms with Crippen molar-refractivity contribution in [1.29, 1.82) is 0 Å². The molecule has 2 unspecified atom stereocenters. The summed E-state index contributed by atoms with van der Waals surface area (Å²) < 4.78 is 0. The van der Waals surface area contributed by atoms with Crippen LogP contribution in [0.2, 0.25) is 0 Å². The van der Waals surface area contributed by atoms with Gasteiger partial charge in [0, 0.05) is 0 Å². The fraction of sp³-hybridized carbons (Fsp3) is 1.00. The molecule has 0 aliphatic heterocycles. The van der Waals surface area contributed by atoms with E-state index in [4.69, 9.17) is 0 Å². The lowest BCUT2D eigenvalue weighted by Gasteiger charge is -2.42. The lowest BCUT2D eigenvalue weighted by molar-refractivity contribution is -0.153. The molecule has 10 heavy (non-hydrogen) atoms. The zero-order valence-corrected chi connectivity index (χ0v) is 6.72. The van der Waals surface area contributed by atoms with Crippen LogP contribution in [0.4, 0.5) is 0 Å². The van der Waals surface area contributed by atoms with Crippen molar-refractivity contribution < 1.29 is 10.2 Å². The van der Waals surface area contributed by atoms with Gasteiger partial charge in [0.05, 0.1) is 11.2 Å². The van der Waals surface area contributed by atoms with Crippen molar-refractivity contribution in [3.8, 4) is 0 Å². The van der Waals surface area contributed by atoms with E-state index < -0.39 is 11.2 Å². The van der Waals surface area contributed by atoms with Crippen LogP contribution >= 0.6 is 0 Å². The van der Waals surface area contributed by atoms with Gasteiger partial charge in [-0.05, 0) is 26.7 Å². The molecule has 0 aromatic heterocycles. The molecule has 0 saturated heterocycles. The lowest BCUT2D eigenvalue weighted by atomic mass is 9.74. The third kappa shape index (κ3) is 1.18. The average molecular weight is 144 g/mol. The largest absolute Gasteiger partial charge is 0.387 e. The molecule has 0 amide bonds. The summed E-state index contributed by atoms with van der Waals surface area (Å²) in [7, 11) is 0. The van der Waals surface area contributed by atoms with Gasteiger partial charge >= 0.3 is 0 Å². The van der Waals surface area contributed by atoms with Crippen LogP contribution < -0.4 is 0 Å². The number of rotatable bonds is 0. The van der Waals surface area contributed by atoms with Crippen molar-refractivity contribution in [3.05, 3.63) is 0 Å². The van der Waals surface area contributed by atoms with E-state index in [9.17, 15) is 10.2 Å². The van der Waals surface area contributed by atoms with Gasteiger partial charge in [0.25, 0.3) is 0 Å². The molecule has 2 heteroatoms. The molecule has 1 rings (SSSR count). The molecule has 1 aliphatic carbocycles. The first kappa shape index (κ1) is 8.02. The molecule has 2 nitrogen and oxygen atoms in total. The number of hydrogen-bond donors (Lipinski definition) is 2. The Balaban J connectivity index is 2.70. The maximum Gasteiger partial charge on any atom is 0.0902 e. The summed E-state index contributed by atoms with van der Waals surface area (Å²) in [6, 6.07) is 0. The Hall–Kier alpha value is -0.0800. The minimum atomic E-state index is -0.870. The third-order valence-electron chi connectivity index (χ3n) is 2.74. The van der Waals surface area contributed by atoms with Gasteiger partial charge < -0.3 is 10.2 Å². The van der Waals surface area contributed by atoms with Gasteiger partial charge in [-0.1, -0.05) is 12.8 Å². The van der Waals surface area contributed by atoms with Crippen LogP contribution in [0, 0.1) is 0 Å². The van der Waals surface area contributed by atoms with Gasteiger partial charge in [0.2, 0.25) is 0 Å². The molecule has 0 radical (unpaired) electrons. The highest BCUT2D eigenvalue weighted by Crippen LogP contribution is 2.36. The highest BCUT2D eigenvalue weighted by Gasteiger charge is 2.43. The Morgan fingerprint density at radius 2 is 1.20 bits per heavy atom. The first-order valence-electron chi connectivity index (χ1n) is 3.90. The average Bonchev–Trinajstić information content (AvgIpc) is 1.77. The van der Waals surface area contributed by atoms with Crippen LogP contribution in [0.25, 0.3) is 0 Å². The molecule has 1 saturated carbocycles. The van der Waals surface area contributed by atoms with Crippen LogP contribution in [0.5, 0.6) is 0 Å². The van der Waals surface area contributed by atoms with Crippen LogP contribution in [0.3, 0.4) is 0 Å². The zero-order chi connectivity index (χ0) is 7.83. The fourth-order valence-electron chi connectivity index (χ4n) is 1.48. The summed E-state index contributed by atoms with van der Waals surface area (Å²) in [6.07, 6.45) is 3.51. The lowest BCUT2D eigenvalue weighted by Crippen LogP contribution is -2.51. The van der Waals surface area contributed by atoms with Crippen LogP contribution in [0.15, 0.2) is 0 Å². The molecule has 2 N–H and O–H groups in total. The monoisotopic (exact) mass is 144 g/mol. The van der Waals surface area contributed by atoms with E-state index >= 15 is 0 Å². The van der Waals surface area contributed by atoms with E-state index in [1.807, 2.05) is 0 Å². The van der Waals surface area contributed by atoms with E-state index in [-0.39, 0.29) is 0 Å². The van der Waals surface area contributed by atoms with Crippen LogP contribution in [0.1, 0.15) is 39.5 Å². The predicted octanol–water partition coefficient (Wildman–Crippen LogP) is 1.06. The van der Waals surface area contributed by atoms with Crippen molar-refractivity contribution in [2.24, 2.45) is 0 Å². The molecule has 0 bridgehead atoms. The van der Waals surface area contributed by atoms with E-state index in [0.717, 1.165) is 25.7 Å². The van der Waals surface area contributed by atoms with Crippen molar-refractivity contribution in [1.82, 2.24) is 0 Å².